The molecular formula is C14H22N2O4S. The Morgan fingerprint density at radius 2 is 1.86 bits per heavy atom. The van der Waals surface area contributed by atoms with Gasteiger partial charge in [0.25, 0.3) is 0 Å². The standard InChI is InChI=1S/C14H22N2O4S/c1-16(2)21(18,19)13-7-4-12(5-8-13)6-9-14(17)15-10-11-20-3/h4-5,7-8H,6,9-11H2,1-3H3,(H,15,17). The summed E-state index contributed by atoms with van der Waals surface area (Å²) < 4.78 is 29.8. The summed E-state index contributed by atoms with van der Waals surface area (Å²) in [6.45, 7) is 0.984. The number of methoxy groups -OCH3 is 1. The number of nitrogens with one attached hydrogen (secondary N) is 1. The molecule has 1 rings (SSSR count). The monoisotopic (exact) mass is 314 g/mol. The molecule has 21 heavy (non-hydrogen) atoms. The Morgan fingerprint density at radius 3 is 2.38 bits per heavy atom. The average Bonchev–Trinajstić information content (AvgIpc) is 2.45. The summed E-state index contributed by atoms with van der Waals surface area (Å²) in [5, 5.41) is 2.74. The maximum atomic E-state index is 11.9. The van der Waals surface area contributed by atoms with Gasteiger partial charge < -0.3 is 10.1 Å². The van der Waals surface area contributed by atoms with Crippen LogP contribution in [0.15, 0.2) is 29.2 Å². The molecule has 1 aromatic carbocycles. The van der Waals surface area contributed by atoms with Gasteiger partial charge in [-0.1, -0.05) is 12.1 Å². The zero-order chi connectivity index (χ0) is 15.9. The molecule has 0 spiro atoms. The Balaban J connectivity index is 2.54. The molecule has 6 nitrogen and oxygen atoms in total. The molecule has 0 atom stereocenters. The molecule has 1 N–H and O–H groups in total. The maximum Gasteiger partial charge on any atom is 0.242 e. The number of ether oxygens (including phenoxy) is 1. The Labute approximate surface area is 126 Å². The van der Waals surface area contributed by atoms with Crippen LogP contribution in [0.25, 0.3) is 0 Å². The van der Waals surface area contributed by atoms with Crippen LogP contribution in [0.5, 0.6) is 0 Å². The van der Waals surface area contributed by atoms with E-state index in [1.807, 2.05) is 0 Å². The van der Waals surface area contributed by atoms with Gasteiger partial charge in [-0.05, 0) is 24.1 Å². The van der Waals surface area contributed by atoms with Crippen molar-refractivity contribution >= 4 is 15.9 Å². The Kier molecular flexibility index (Phi) is 6.80. The number of nitrogens with zero attached hydrogens (tertiary/aromatic N) is 1. The summed E-state index contributed by atoms with van der Waals surface area (Å²) in [4.78, 5) is 11.8. The van der Waals surface area contributed by atoms with Gasteiger partial charge >= 0.3 is 0 Å². The number of benzene rings is 1. The molecule has 0 fully saturated rings. The van der Waals surface area contributed by atoms with Gasteiger partial charge in [0.05, 0.1) is 11.5 Å². The van der Waals surface area contributed by atoms with Gasteiger partial charge in [-0.15, -0.1) is 0 Å². The van der Waals surface area contributed by atoms with E-state index in [4.69, 9.17) is 4.74 Å². The largest absolute Gasteiger partial charge is 0.383 e. The third kappa shape index (κ3) is 5.45. The van der Waals surface area contributed by atoms with E-state index in [1.165, 1.54) is 18.4 Å². The number of hydrogen-bond acceptors (Lipinski definition) is 4. The van der Waals surface area contributed by atoms with E-state index in [1.54, 1.807) is 31.4 Å². The Bertz CT molecular complexity index is 553. The van der Waals surface area contributed by atoms with Crippen LogP contribution in [0.2, 0.25) is 0 Å². The first-order valence-corrected chi connectivity index (χ1v) is 8.09. The van der Waals surface area contributed by atoms with Gasteiger partial charge in [0.15, 0.2) is 0 Å². The SMILES string of the molecule is COCCNC(=O)CCc1ccc(S(=O)(=O)N(C)C)cc1. The first-order valence-electron chi connectivity index (χ1n) is 6.65. The smallest absolute Gasteiger partial charge is 0.242 e. The molecule has 0 aliphatic rings. The van der Waals surface area contributed by atoms with Crippen molar-refractivity contribution in [1.29, 1.82) is 0 Å². The number of hydrogen-bond donors (Lipinski definition) is 1. The van der Waals surface area contributed by atoms with Crippen molar-refractivity contribution in [2.45, 2.75) is 17.7 Å². The molecule has 0 aliphatic heterocycles. The lowest BCUT2D eigenvalue weighted by Gasteiger charge is -2.11. The van der Waals surface area contributed by atoms with Crippen LogP contribution < -0.4 is 5.32 Å². The number of carbonyl (C=O) groups is 1. The minimum absolute atomic E-state index is 0.0444. The highest BCUT2D eigenvalue weighted by Gasteiger charge is 2.16. The van der Waals surface area contributed by atoms with E-state index in [-0.39, 0.29) is 10.8 Å². The summed E-state index contributed by atoms with van der Waals surface area (Å²) >= 11 is 0. The molecule has 7 heteroatoms. The van der Waals surface area contributed by atoms with Gasteiger partial charge in [-0.25, -0.2) is 12.7 Å². The number of rotatable bonds is 8. The lowest BCUT2D eigenvalue weighted by Crippen LogP contribution is -2.27. The van der Waals surface area contributed by atoms with Gasteiger partial charge in [0.2, 0.25) is 15.9 Å². The van der Waals surface area contributed by atoms with Crippen molar-refractivity contribution in [3.63, 3.8) is 0 Å². The predicted molar refractivity (Wildman–Crippen MR) is 80.5 cm³/mol. The summed E-state index contributed by atoms with van der Waals surface area (Å²) in [5.41, 5.74) is 0.926. The van der Waals surface area contributed by atoms with Crippen molar-refractivity contribution in [2.75, 3.05) is 34.4 Å². The number of aryl methyl sites for hydroxylation is 1. The molecule has 1 amide bonds. The van der Waals surface area contributed by atoms with E-state index >= 15 is 0 Å². The molecule has 0 aromatic heterocycles. The fourth-order valence-electron chi connectivity index (χ4n) is 1.68. The second-order valence-electron chi connectivity index (χ2n) is 4.77. The molecule has 0 unspecified atom stereocenters. The first-order chi connectivity index (χ1) is 9.87. The fraction of sp³-hybridized carbons (Fsp3) is 0.500. The predicted octanol–water partition coefficient (Wildman–Crippen LogP) is 0.632. The van der Waals surface area contributed by atoms with Crippen LogP contribution in [0.3, 0.4) is 0 Å². The summed E-state index contributed by atoms with van der Waals surface area (Å²) in [6, 6.07) is 6.60. The van der Waals surface area contributed by atoms with Crippen LogP contribution >= 0.6 is 0 Å². The number of sulfonamides is 1. The highest BCUT2D eigenvalue weighted by molar-refractivity contribution is 7.89. The number of amides is 1. The van der Waals surface area contributed by atoms with Crippen molar-refractivity contribution in [3.05, 3.63) is 29.8 Å². The first kappa shape index (κ1) is 17.6. The molecule has 0 saturated carbocycles. The zero-order valence-corrected chi connectivity index (χ0v) is 13.4. The molecule has 118 valence electrons. The topological polar surface area (TPSA) is 75.7 Å². The Morgan fingerprint density at radius 1 is 1.24 bits per heavy atom. The van der Waals surface area contributed by atoms with Crippen LogP contribution in [0.4, 0.5) is 0 Å². The van der Waals surface area contributed by atoms with Gasteiger partial charge in [0, 0.05) is 34.2 Å². The Hall–Kier alpha value is -1.44. The third-order valence-electron chi connectivity index (χ3n) is 2.97. The average molecular weight is 314 g/mol. The van der Waals surface area contributed by atoms with Gasteiger partial charge in [0.1, 0.15) is 0 Å². The van der Waals surface area contributed by atoms with E-state index < -0.39 is 10.0 Å². The molecule has 0 aliphatic carbocycles. The highest BCUT2D eigenvalue weighted by atomic mass is 32.2. The van der Waals surface area contributed by atoms with E-state index in [0.717, 1.165) is 5.56 Å². The minimum atomic E-state index is -3.40. The quantitative estimate of drug-likeness (QED) is 0.714. The molecular weight excluding hydrogens is 292 g/mol. The second-order valence-corrected chi connectivity index (χ2v) is 6.93. The zero-order valence-electron chi connectivity index (χ0n) is 12.6. The normalized spacial score (nSPS) is 11.6. The van der Waals surface area contributed by atoms with Crippen LogP contribution in [-0.2, 0) is 26.0 Å². The van der Waals surface area contributed by atoms with Crippen molar-refractivity contribution in [1.82, 2.24) is 9.62 Å². The maximum absolute atomic E-state index is 11.9. The summed E-state index contributed by atoms with van der Waals surface area (Å²) in [6.07, 6.45) is 0.935. The molecule has 0 saturated heterocycles. The summed E-state index contributed by atoms with van der Waals surface area (Å²) in [7, 11) is 1.17. The van der Waals surface area contributed by atoms with Crippen LogP contribution in [0.1, 0.15) is 12.0 Å². The lowest BCUT2D eigenvalue weighted by molar-refractivity contribution is -0.121. The van der Waals surface area contributed by atoms with Crippen molar-refractivity contribution < 1.29 is 17.9 Å². The second kappa shape index (κ2) is 8.11. The molecule has 0 bridgehead atoms. The highest BCUT2D eigenvalue weighted by Crippen LogP contribution is 2.14. The molecule has 0 radical (unpaired) electrons. The van der Waals surface area contributed by atoms with Gasteiger partial charge in [-0.3, -0.25) is 4.79 Å². The van der Waals surface area contributed by atoms with Crippen molar-refractivity contribution in [3.8, 4) is 0 Å². The number of carbonyl (C=O) groups excluding carboxylic acids is 1. The third-order valence-corrected chi connectivity index (χ3v) is 4.80. The lowest BCUT2D eigenvalue weighted by atomic mass is 10.1. The summed E-state index contributed by atoms with van der Waals surface area (Å²) in [5.74, 6) is -0.0444. The van der Waals surface area contributed by atoms with E-state index in [2.05, 4.69) is 5.32 Å². The van der Waals surface area contributed by atoms with Crippen LogP contribution in [0, 0.1) is 0 Å². The fourth-order valence-corrected chi connectivity index (χ4v) is 2.58. The van der Waals surface area contributed by atoms with Crippen molar-refractivity contribution in [2.24, 2.45) is 0 Å². The molecule has 1 aromatic rings. The molecule has 0 heterocycles. The van der Waals surface area contributed by atoms with E-state index in [0.29, 0.717) is 26.0 Å². The van der Waals surface area contributed by atoms with Crippen LogP contribution in [-0.4, -0.2) is 53.0 Å². The minimum Gasteiger partial charge on any atom is -0.383 e. The van der Waals surface area contributed by atoms with E-state index in [9.17, 15) is 13.2 Å². The van der Waals surface area contributed by atoms with Gasteiger partial charge in [-0.2, -0.15) is 0 Å².